The zero-order valence-corrected chi connectivity index (χ0v) is 13.2. The first-order valence-corrected chi connectivity index (χ1v) is 7.35. The molecule has 0 saturated carbocycles. The largest absolute Gasteiger partial charge is 0.455 e. The molecule has 0 saturated heterocycles. The molecule has 0 atom stereocenters. The number of nitrogens with zero attached hydrogens (tertiary/aromatic N) is 1. The van der Waals surface area contributed by atoms with E-state index in [1.165, 1.54) is 18.2 Å². The minimum absolute atomic E-state index is 0.188. The van der Waals surface area contributed by atoms with Gasteiger partial charge in [0.2, 0.25) is 5.91 Å². The van der Waals surface area contributed by atoms with Gasteiger partial charge in [0.1, 0.15) is 0 Å². The van der Waals surface area contributed by atoms with Gasteiger partial charge in [-0.15, -0.1) is 0 Å². The predicted octanol–water partition coefficient (Wildman–Crippen LogP) is 0.323. The van der Waals surface area contributed by atoms with Crippen LogP contribution in [0.1, 0.15) is 18.9 Å². The number of hydrogen-bond donors (Lipinski definition) is 2. The van der Waals surface area contributed by atoms with Gasteiger partial charge in [0.05, 0.1) is 17.9 Å². The lowest BCUT2D eigenvalue weighted by atomic mass is 10.1. The van der Waals surface area contributed by atoms with Gasteiger partial charge >= 0.3 is 5.97 Å². The summed E-state index contributed by atoms with van der Waals surface area (Å²) in [7, 11) is 0. The van der Waals surface area contributed by atoms with Crippen LogP contribution in [0.5, 0.6) is 0 Å². The molecule has 24 heavy (non-hydrogen) atoms. The Labute approximate surface area is 138 Å². The summed E-state index contributed by atoms with van der Waals surface area (Å²) >= 11 is 0. The maximum absolute atomic E-state index is 11.7. The average Bonchev–Trinajstić information content (AvgIpc) is 2.56. The Morgan fingerprint density at radius 2 is 1.88 bits per heavy atom. The minimum Gasteiger partial charge on any atom is -0.455 e. The van der Waals surface area contributed by atoms with Gasteiger partial charge in [-0.2, -0.15) is 0 Å². The SMILES string of the molecule is CCCNC(=O)CNC(=O)COC(=O)Cc1ccccc1[N+](=O)[O-]. The van der Waals surface area contributed by atoms with E-state index in [1.807, 2.05) is 6.92 Å². The quantitative estimate of drug-likeness (QED) is 0.379. The topological polar surface area (TPSA) is 128 Å². The summed E-state index contributed by atoms with van der Waals surface area (Å²) in [6.45, 7) is 1.65. The summed E-state index contributed by atoms with van der Waals surface area (Å²) in [5.74, 6) is -1.73. The molecule has 1 aromatic carbocycles. The number of carbonyl (C=O) groups excluding carboxylic acids is 3. The highest BCUT2D eigenvalue weighted by atomic mass is 16.6. The summed E-state index contributed by atoms with van der Waals surface area (Å²) in [5.41, 5.74) is 0.0124. The van der Waals surface area contributed by atoms with E-state index in [9.17, 15) is 24.5 Å². The molecule has 0 spiro atoms. The number of nitrogens with one attached hydrogen (secondary N) is 2. The molecule has 9 heteroatoms. The zero-order chi connectivity index (χ0) is 17.9. The van der Waals surface area contributed by atoms with Crippen LogP contribution >= 0.6 is 0 Å². The van der Waals surface area contributed by atoms with Gasteiger partial charge in [0, 0.05) is 18.2 Å². The molecule has 130 valence electrons. The summed E-state index contributed by atoms with van der Waals surface area (Å²) in [6, 6.07) is 5.78. The van der Waals surface area contributed by atoms with Crippen LogP contribution in [0.15, 0.2) is 24.3 Å². The van der Waals surface area contributed by atoms with E-state index in [4.69, 9.17) is 4.74 Å². The standard InChI is InChI=1S/C15H19N3O6/c1-2-7-16-13(19)9-17-14(20)10-24-15(21)8-11-5-3-4-6-12(11)18(22)23/h3-6H,2,7-10H2,1H3,(H,16,19)(H,17,20). The Morgan fingerprint density at radius 3 is 2.54 bits per heavy atom. The van der Waals surface area contributed by atoms with Crippen molar-refractivity contribution in [2.75, 3.05) is 19.7 Å². The van der Waals surface area contributed by atoms with Crippen LogP contribution in [0.3, 0.4) is 0 Å². The van der Waals surface area contributed by atoms with Crippen LogP contribution in [0, 0.1) is 10.1 Å². The molecule has 2 N–H and O–H groups in total. The summed E-state index contributed by atoms with van der Waals surface area (Å²) in [5, 5.41) is 15.7. The molecule has 0 fully saturated rings. The van der Waals surface area contributed by atoms with E-state index in [2.05, 4.69) is 10.6 Å². The molecule has 0 radical (unpaired) electrons. The van der Waals surface area contributed by atoms with E-state index >= 15 is 0 Å². The molecular formula is C15H19N3O6. The zero-order valence-electron chi connectivity index (χ0n) is 13.2. The van der Waals surface area contributed by atoms with Crippen molar-refractivity contribution in [2.24, 2.45) is 0 Å². The summed E-state index contributed by atoms with van der Waals surface area (Å²) in [4.78, 5) is 44.7. The molecule has 0 aliphatic heterocycles. The number of amides is 2. The molecule has 0 heterocycles. The van der Waals surface area contributed by atoms with Crippen molar-refractivity contribution < 1.29 is 24.0 Å². The smallest absolute Gasteiger partial charge is 0.311 e. The molecule has 0 aromatic heterocycles. The highest BCUT2D eigenvalue weighted by molar-refractivity contribution is 5.86. The van der Waals surface area contributed by atoms with Crippen molar-refractivity contribution in [3.63, 3.8) is 0 Å². The number of nitro benzene ring substituents is 1. The molecule has 2 amide bonds. The number of ether oxygens (including phenoxy) is 1. The van der Waals surface area contributed by atoms with Crippen molar-refractivity contribution in [3.05, 3.63) is 39.9 Å². The van der Waals surface area contributed by atoms with Gasteiger partial charge in [-0.1, -0.05) is 25.1 Å². The predicted molar refractivity (Wildman–Crippen MR) is 84.1 cm³/mol. The van der Waals surface area contributed by atoms with Gasteiger partial charge < -0.3 is 15.4 Å². The van der Waals surface area contributed by atoms with Gasteiger partial charge in [-0.3, -0.25) is 24.5 Å². The first-order chi connectivity index (χ1) is 11.4. The molecule has 0 aliphatic carbocycles. The van der Waals surface area contributed by atoms with Gasteiger partial charge in [-0.05, 0) is 6.42 Å². The second kappa shape index (κ2) is 9.93. The third kappa shape index (κ3) is 6.86. The molecule has 0 unspecified atom stereocenters. The first kappa shape index (κ1) is 19.1. The number of nitro groups is 1. The summed E-state index contributed by atoms with van der Waals surface area (Å²) < 4.78 is 4.75. The Kier molecular flexibility index (Phi) is 7.89. The number of esters is 1. The van der Waals surface area contributed by atoms with E-state index < -0.39 is 23.4 Å². The molecule has 0 bridgehead atoms. The van der Waals surface area contributed by atoms with Gasteiger partial charge in [0.25, 0.3) is 11.6 Å². The number of carbonyl (C=O) groups is 3. The maximum Gasteiger partial charge on any atom is 0.311 e. The Balaban J connectivity index is 2.37. The van der Waals surface area contributed by atoms with Crippen LogP contribution in [-0.4, -0.2) is 42.4 Å². The highest BCUT2D eigenvalue weighted by Crippen LogP contribution is 2.18. The van der Waals surface area contributed by atoms with E-state index in [0.29, 0.717) is 6.54 Å². The second-order valence-corrected chi connectivity index (χ2v) is 4.85. The molecule has 1 rings (SSSR count). The first-order valence-electron chi connectivity index (χ1n) is 7.35. The van der Waals surface area contributed by atoms with E-state index in [-0.39, 0.29) is 30.1 Å². The number of hydrogen-bond acceptors (Lipinski definition) is 6. The van der Waals surface area contributed by atoms with Crippen LogP contribution in [0.25, 0.3) is 0 Å². The normalized spacial score (nSPS) is 9.88. The van der Waals surface area contributed by atoms with Crippen LogP contribution in [-0.2, 0) is 25.5 Å². The van der Waals surface area contributed by atoms with Gasteiger partial charge in [-0.25, -0.2) is 0 Å². The van der Waals surface area contributed by atoms with Crippen molar-refractivity contribution in [3.8, 4) is 0 Å². The lowest BCUT2D eigenvalue weighted by molar-refractivity contribution is -0.385. The van der Waals surface area contributed by atoms with E-state index in [1.54, 1.807) is 6.07 Å². The third-order valence-corrected chi connectivity index (χ3v) is 2.91. The Morgan fingerprint density at radius 1 is 1.17 bits per heavy atom. The number of benzene rings is 1. The molecule has 1 aromatic rings. The Hall–Kier alpha value is -2.97. The van der Waals surface area contributed by atoms with Gasteiger partial charge in [0.15, 0.2) is 6.61 Å². The number of rotatable bonds is 9. The number of para-hydroxylation sites is 1. The minimum atomic E-state index is -0.769. The van der Waals surface area contributed by atoms with Crippen molar-refractivity contribution in [1.29, 1.82) is 0 Å². The molecule has 0 aliphatic rings. The molecule has 9 nitrogen and oxygen atoms in total. The fourth-order valence-electron chi connectivity index (χ4n) is 1.75. The van der Waals surface area contributed by atoms with Crippen molar-refractivity contribution in [1.82, 2.24) is 10.6 Å². The van der Waals surface area contributed by atoms with Crippen LogP contribution in [0.4, 0.5) is 5.69 Å². The third-order valence-electron chi connectivity index (χ3n) is 2.91. The summed E-state index contributed by atoms with van der Waals surface area (Å²) in [6.07, 6.45) is 0.463. The monoisotopic (exact) mass is 337 g/mol. The Bertz CT molecular complexity index is 617. The lowest BCUT2D eigenvalue weighted by Gasteiger charge is -2.07. The highest BCUT2D eigenvalue weighted by Gasteiger charge is 2.17. The van der Waals surface area contributed by atoms with E-state index in [0.717, 1.165) is 6.42 Å². The lowest BCUT2D eigenvalue weighted by Crippen LogP contribution is -2.39. The average molecular weight is 337 g/mol. The fourth-order valence-corrected chi connectivity index (χ4v) is 1.75. The van der Waals surface area contributed by atoms with Crippen LogP contribution < -0.4 is 10.6 Å². The molecular weight excluding hydrogens is 318 g/mol. The fraction of sp³-hybridized carbons (Fsp3) is 0.400. The van der Waals surface area contributed by atoms with Crippen LogP contribution in [0.2, 0.25) is 0 Å². The maximum atomic E-state index is 11.7. The second-order valence-electron chi connectivity index (χ2n) is 4.85. The van der Waals surface area contributed by atoms with Crippen molar-refractivity contribution in [2.45, 2.75) is 19.8 Å². The van der Waals surface area contributed by atoms with Crippen molar-refractivity contribution >= 4 is 23.5 Å².